The van der Waals surface area contributed by atoms with Crippen molar-refractivity contribution in [3.8, 4) is 0 Å². The van der Waals surface area contributed by atoms with E-state index >= 15 is 0 Å². The van der Waals surface area contributed by atoms with E-state index in [0.717, 1.165) is 13.1 Å². The van der Waals surface area contributed by atoms with Gasteiger partial charge >= 0.3 is 0 Å². The number of rotatable bonds is 0. The van der Waals surface area contributed by atoms with Gasteiger partial charge in [-0.1, -0.05) is 0 Å². The predicted molar refractivity (Wildman–Crippen MR) is 64.3 cm³/mol. The van der Waals surface area contributed by atoms with Crippen LogP contribution in [0.4, 0.5) is 0 Å². The van der Waals surface area contributed by atoms with E-state index in [1.54, 1.807) is 11.1 Å². The highest BCUT2D eigenvalue weighted by molar-refractivity contribution is 7.08. The van der Waals surface area contributed by atoms with Crippen LogP contribution in [0.2, 0.25) is 0 Å². The van der Waals surface area contributed by atoms with Crippen LogP contribution >= 0.6 is 11.3 Å². The Labute approximate surface area is 95.3 Å². The Morgan fingerprint density at radius 3 is 2.20 bits per heavy atom. The maximum Gasteiger partial charge on any atom is 0.0466 e. The average molecular weight is 222 g/mol. The summed E-state index contributed by atoms with van der Waals surface area (Å²) in [5, 5.41) is 8.34. The van der Waals surface area contributed by atoms with Gasteiger partial charge in [0.1, 0.15) is 0 Å². The zero-order valence-electron chi connectivity index (χ0n) is 9.58. The molecule has 2 aliphatic rings. The van der Waals surface area contributed by atoms with Gasteiger partial charge in [0.15, 0.2) is 0 Å². The number of thiophene rings is 1. The van der Waals surface area contributed by atoms with Gasteiger partial charge in [-0.2, -0.15) is 11.3 Å². The largest absolute Gasteiger partial charge is 0.301 e. The highest BCUT2D eigenvalue weighted by Crippen LogP contribution is 2.41. The lowest BCUT2D eigenvalue weighted by molar-refractivity contribution is 0.0814. The van der Waals surface area contributed by atoms with Crippen molar-refractivity contribution in [2.45, 2.75) is 38.4 Å². The standard InChI is InChI=1S/C12H18N2S/c1-12(2,3)14-4-10-8-6-15-7-9(8)11(5-14)13-10/h6-7,10-11,13H,4-5H2,1-3H3. The fourth-order valence-corrected chi connectivity index (χ4v) is 3.63. The van der Waals surface area contributed by atoms with Crippen molar-refractivity contribution in [1.29, 1.82) is 0 Å². The lowest BCUT2D eigenvalue weighted by atomic mass is 10.0. The minimum atomic E-state index is 0.297. The molecule has 3 heteroatoms. The van der Waals surface area contributed by atoms with E-state index in [1.807, 2.05) is 11.3 Å². The van der Waals surface area contributed by atoms with Crippen molar-refractivity contribution in [2.24, 2.45) is 0 Å². The van der Waals surface area contributed by atoms with Gasteiger partial charge in [-0.3, -0.25) is 4.90 Å². The second-order valence-electron chi connectivity index (χ2n) is 5.63. The number of piperazine rings is 1. The molecule has 2 unspecified atom stereocenters. The van der Waals surface area contributed by atoms with E-state index in [4.69, 9.17) is 0 Å². The Morgan fingerprint density at radius 1 is 1.20 bits per heavy atom. The Hall–Kier alpha value is -0.380. The third kappa shape index (κ3) is 1.45. The Balaban J connectivity index is 1.91. The second kappa shape index (κ2) is 3.06. The zero-order valence-corrected chi connectivity index (χ0v) is 10.4. The molecule has 1 aromatic rings. The molecule has 2 nitrogen and oxygen atoms in total. The Kier molecular flexibility index (Phi) is 2.00. The molecule has 0 radical (unpaired) electrons. The SMILES string of the molecule is CC(C)(C)N1CC2NC(C1)c1cscc12. The fourth-order valence-electron chi connectivity index (χ4n) is 2.67. The van der Waals surface area contributed by atoms with Gasteiger partial charge in [0.25, 0.3) is 0 Å². The molecule has 2 bridgehead atoms. The zero-order chi connectivity index (χ0) is 10.6. The first-order chi connectivity index (χ1) is 7.05. The normalized spacial score (nSPS) is 30.6. The summed E-state index contributed by atoms with van der Waals surface area (Å²) in [7, 11) is 0. The van der Waals surface area contributed by atoms with Gasteiger partial charge in [-0.15, -0.1) is 0 Å². The molecule has 2 aliphatic heterocycles. The first-order valence-corrected chi connectivity index (χ1v) is 6.57. The highest BCUT2D eigenvalue weighted by Gasteiger charge is 2.40. The topological polar surface area (TPSA) is 15.3 Å². The van der Waals surface area contributed by atoms with Crippen molar-refractivity contribution < 1.29 is 0 Å². The molecule has 0 amide bonds. The van der Waals surface area contributed by atoms with Crippen LogP contribution in [0.15, 0.2) is 10.8 Å². The highest BCUT2D eigenvalue weighted by atomic mass is 32.1. The molecule has 0 spiro atoms. The molecule has 3 heterocycles. The Morgan fingerprint density at radius 2 is 1.73 bits per heavy atom. The van der Waals surface area contributed by atoms with E-state index in [0.29, 0.717) is 17.6 Å². The first kappa shape index (κ1) is 9.82. The molecule has 1 saturated heterocycles. The molecule has 0 aliphatic carbocycles. The molecule has 3 rings (SSSR count). The summed E-state index contributed by atoms with van der Waals surface area (Å²) in [6.07, 6.45) is 0. The minimum Gasteiger partial charge on any atom is -0.301 e. The van der Waals surface area contributed by atoms with Crippen molar-refractivity contribution in [2.75, 3.05) is 13.1 Å². The van der Waals surface area contributed by atoms with Crippen LogP contribution in [0, 0.1) is 0 Å². The summed E-state index contributed by atoms with van der Waals surface area (Å²) in [4.78, 5) is 2.60. The first-order valence-electron chi connectivity index (χ1n) is 5.63. The average Bonchev–Trinajstić information content (AvgIpc) is 2.70. The monoisotopic (exact) mass is 222 g/mol. The minimum absolute atomic E-state index is 0.297. The van der Waals surface area contributed by atoms with Crippen molar-refractivity contribution in [3.63, 3.8) is 0 Å². The lowest BCUT2D eigenvalue weighted by Gasteiger charge is -2.42. The van der Waals surface area contributed by atoms with Gasteiger partial charge in [-0.05, 0) is 42.7 Å². The van der Waals surface area contributed by atoms with Crippen LogP contribution < -0.4 is 5.32 Å². The van der Waals surface area contributed by atoms with Crippen LogP contribution in [-0.2, 0) is 0 Å². The van der Waals surface area contributed by atoms with Gasteiger partial charge in [-0.25, -0.2) is 0 Å². The summed E-state index contributed by atoms with van der Waals surface area (Å²) in [6.45, 7) is 9.24. The van der Waals surface area contributed by atoms with Gasteiger partial charge < -0.3 is 5.32 Å². The number of hydrogen-bond donors (Lipinski definition) is 1. The predicted octanol–water partition coefficient (Wildman–Crippen LogP) is 2.55. The smallest absolute Gasteiger partial charge is 0.0466 e. The third-order valence-corrected chi connectivity index (χ3v) is 4.41. The maximum absolute atomic E-state index is 3.70. The molecule has 15 heavy (non-hydrogen) atoms. The number of nitrogens with zero attached hydrogens (tertiary/aromatic N) is 1. The molecule has 1 N–H and O–H groups in total. The van der Waals surface area contributed by atoms with E-state index in [2.05, 4.69) is 41.7 Å². The van der Waals surface area contributed by atoms with Crippen LogP contribution in [0.1, 0.15) is 44.0 Å². The molecular weight excluding hydrogens is 204 g/mol. The second-order valence-corrected chi connectivity index (χ2v) is 6.37. The third-order valence-electron chi connectivity index (χ3n) is 3.63. The molecule has 2 atom stereocenters. The van der Waals surface area contributed by atoms with Crippen LogP contribution in [0.5, 0.6) is 0 Å². The quantitative estimate of drug-likeness (QED) is 0.725. The summed E-state index contributed by atoms with van der Waals surface area (Å²) >= 11 is 1.85. The van der Waals surface area contributed by atoms with E-state index in [-0.39, 0.29) is 0 Å². The van der Waals surface area contributed by atoms with Crippen molar-refractivity contribution >= 4 is 11.3 Å². The number of hydrogen-bond acceptors (Lipinski definition) is 3. The van der Waals surface area contributed by atoms with Gasteiger partial charge in [0.05, 0.1) is 0 Å². The van der Waals surface area contributed by atoms with E-state index in [9.17, 15) is 0 Å². The van der Waals surface area contributed by atoms with Crippen molar-refractivity contribution in [3.05, 3.63) is 21.9 Å². The number of fused-ring (bicyclic) bond motifs is 5. The van der Waals surface area contributed by atoms with E-state index in [1.165, 1.54) is 0 Å². The Bertz CT molecular complexity index is 351. The summed E-state index contributed by atoms with van der Waals surface area (Å²) in [5.74, 6) is 0. The number of nitrogens with one attached hydrogen (secondary N) is 1. The summed E-state index contributed by atoms with van der Waals surface area (Å²) in [6, 6.07) is 1.15. The van der Waals surface area contributed by atoms with E-state index < -0.39 is 0 Å². The van der Waals surface area contributed by atoms with Crippen molar-refractivity contribution in [1.82, 2.24) is 10.2 Å². The fraction of sp³-hybridized carbons (Fsp3) is 0.667. The lowest BCUT2D eigenvalue weighted by Crippen LogP contribution is -2.51. The molecule has 1 aromatic heterocycles. The van der Waals surface area contributed by atoms with Crippen LogP contribution in [0.3, 0.4) is 0 Å². The molecule has 0 saturated carbocycles. The maximum atomic E-state index is 3.70. The summed E-state index contributed by atoms with van der Waals surface area (Å²) < 4.78 is 0. The van der Waals surface area contributed by atoms with Gasteiger partial charge in [0.2, 0.25) is 0 Å². The van der Waals surface area contributed by atoms with Crippen LogP contribution in [-0.4, -0.2) is 23.5 Å². The molecule has 82 valence electrons. The molecule has 0 aromatic carbocycles. The van der Waals surface area contributed by atoms with Crippen LogP contribution in [0.25, 0.3) is 0 Å². The summed E-state index contributed by atoms with van der Waals surface area (Å²) in [5.41, 5.74) is 3.40. The molecular formula is C12H18N2S. The van der Waals surface area contributed by atoms with Gasteiger partial charge in [0, 0.05) is 30.7 Å². The molecule has 1 fully saturated rings.